The molecule has 0 N–H and O–H groups in total. The summed E-state index contributed by atoms with van der Waals surface area (Å²) in [5, 5.41) is 0. The van der Waals surface area contributed by atoms with E-state index in [1.807, 2.05) is 6.92 Å². The van der Waals surface area contributed by atoms with E-state index in [4.69, 9.17) is 4.74 Å². The summed E-state index contributed by atoms with van der Waals surface area (Å²) >= 11 is 0. The first-order chi connectivity index (χ1) is 5.27. The van der Waals surface area contributed by atoms with Gasteiger partial charge in [0, 0.05) is 0 Å². The van der Waals surface area contributed by atoms with E-state index in [1.165, 1.54) is 6.42 Å². The molecule has 1 saturated carbocycles. The van der Waals surface area contributed by atoms with E-state index in [-0.39, 0.29) is 11.9 Å². The van der Waals surface area contributed by atoms with E-state index >= 15 is 0 Å². The molecule has 0 saturated heterocycles. The summed E-state index contributed by atoms with van der Waals surface area (Å²) in [5.41, 5.74) is 0. The van der Waals surface area contributed by atoms with E-state index in [9.17, 15) is 4.79 Å². The Kier molecular flexibility index (Phi) is 2.92. The van der Waals surface area contributed by atoms with Crippen molar-refractivity contribution in [2.45, 2.75) is 33.1 Å². The minimum atomic E-state index is 0.0113. The second-order valence-corrected chi connectivity index (χ2v) is 3.19. The van der Waals surface area contributed by atoms with Crippen LogP contribution in [0.25, 0.3) is 0 Å². The van der Waals surface area contributed by atoms with E-state index < -0.39 is 0 Å². The average Bonchev–Trinajstić information content (AvgIpc) is 1.86. The van der Waals surface area contributed by atoms with Gasteiger partial charge in [-0.05, 0) is 25.7 Å². The standard InChI is InChI=1S/C9H16O2/c1-3-7-5-8(6-7)9(10)11-4-2/h7-8H,3-6H2,1-2H3. The highest BCUT2D eigenvalue weighted by Crippen LogP contribution is 2.36. The van der Waals surface area contributed by atoms with E-state index in [0.717, 1.165) is 18.8 Å². The van der Waals surface area contributed by atoms with Gasteiger partial charge in [0.15, 0.2) is 0 Å². The first-order valence-electron chi connectivity index (χ1n) is 4.44. The van der Waals surface area contributed by atoms with Gasteiger partial charge in [-0.1, -0.05) is 13.3 Å². The molecule has 0 heterocycles. The van der Waals surface area contributed by atoms with Crippen molar-refractivity contribution in [3.05, 3.63) is 0 Å². The Morgan fingerprint density at radius 3 is 2.55 bits per heavy atom. The minimum Gasteiger partial charge on any atom is -0.466 e. The minimum absolute atomic E-state index is 0.0113. The summed E-state index contributed by atoms with van der Waals surface area (Å²) < 4.78 is 4.90. The SMILES string of the molecule is CCOC(=O)C1CC(CC)C1. The lowest BCUT2D eigenvalue weighted by molar-refractivity contribution is -0.152. The van der Waals surface area contributed by atoms with Crippen molar-refractivity contribution in [3.8, 4) is 0 Å². The van der Waals surface area contributed by atoms with Crippen molar-refractivity contribution in [2.75, 3.05) is 6.61 Å². The van der Waals surface area contributed by atoms with Crippen LogP contribution < -0.4 is 0 Å². The maximum Gasteiger partial charge on any atom is 0.308 e. The molecule has 0 atom stereocenters. The molecular formula is C9H16O2. The largest absolute Gasteiger partial charge is 0.466 e. The van der Waals surface area contributed by atoms with Crippen LogP contribution in [0.4, 0.5) is 0 Å². The zero-order valence-electron chi connectivity index (χ0n) is 7.30. The van der Waals surface area contributed by atoms with Gasteiger partial charge in [0.25, 0.3) is 0 Å². The number of rotatable bonds is 3. The quantitative estimate of drug-likeness (QED) is 0.584. The highest BCUT2D eigenvalue weighted by Gasteiger charge is 2.33. The van der Waals surface area contributed by atoms with Crippen LogP contribution in [0.15, 0.2) is 0 Å². The molecule has 0 aromatic carbocycles. The lowest BCUT2D eigenvalue weighted by atomic mass is 9.74. The van der Waals surface area contributed by atoms with Gasteiger partial charge in [-0.25, -0.2) is 0 Å². The van der Waals surface area contributed by atoms with Gasteiger partial charge in [0.2, 0.25) is 0 Å². The Hall–Kier alpha value is -0.530. The van der Waals surface area contributed by atoms with Gasteiger partial charge in [-0.15, -0.1) is 0 Å². The fourth-order valence-electron chi connectivity index (χ4n) is 1.52. The highest BCUT2D eigenvalue weighted by atomic mass is 16.5. The second-order valence-electron chi connectivity index (χ2n) is 3.19. The van der Waals surface area contributed by atoms with Crippen LogP contribution in [-0.4, -0.2) is 12.6 Å². The molecule has 64 valence electrons. The van der Waals surface area contributed by atoms with E-state index in [2.05, 4.69) is 6.92 Å². The molecule has 0 bridgehead atoms. The summed E-state index contributed by atoms with van der Waals surface area (Å²) in [7, 11) is 0. The molecule has 0 aromatic heterocycles. The summed E-state index contributed by atoms with van der Waals surface area (Å²) in [4.78, 5) is 11.1. The first kappa shape index (κ1) is 8.57. The molecule has 2 heteroatoms. The summed E-state index contributed by atoms with van der Waals surface area (Å²) in [6.07, 6.45) is 3.31. The zero-order valence-corrected chi connectivity index (χ0v) is 7.30. The summed E-state index contributed by atoms with van der Waals surface area (Å²) in [6, 6.07) is 0. The van der Waals surface area contributed by atoms with E-state index in [0.29, 0.717) is 6.61 Å². The summed E-state index contributed by atoms with van der Waals surface area (Å²) in [6.45, 7) is 4.55. The van der Waals surface area contributed by atoms with Crippen LogP contribution in [0.5, 0.6) is 0 Å². The lowest BCUT2D eigenvalue weighted by Crippen LogP contribution is -2.31. The van der Waals surface area contributed by atoms with Crippen LogP contribution in [-0.2, 0) is 9.53 Å². The fourth-order valence-corrected chi connectivity index (χ4v) is 1.52. The van der Waals surface area contributed by atoms with Crippen LogP contribution in [0.1, 0.15) is 33.1 Å². The van der Waals surface area contributed by atoms with E-state index in [1.54, 1.807) is 0 Å². The second kappa shape index (κ2) is 3.74. The maximum absolute atomic E-state index is 11.1. The normalized spacial score (nSPS) is 29.3. The number of hydrogen-bond acceptors (Lipinski definition) is 2. The zero-order chi connectivity index (χ0) is 8.27. The van der Waals surface area contributed by atoms with Crippen LogP contribution in [0.3, 0.4) is 0 Å². The molecule has 1 rings (SSSR count). The molecule has 0 unspecified atom stereocenters. The van der Waals surface area contributed by atoms with Crippen molar-refractivity contribution >= 4 is 5.97 Å². The molecule has 1 aliphatic rings. The van der Waals surface area contributed by atoms with Gasteiger partial charge >= 0.3 is 5.97 Å². The Morgan fingerprint density at radius 1 is 1.45 bits per heavy atom. The molecule has 2 nitrogen and oxygen atoms in total. The van der Waals surface area contributed by atoms with Crippen molar-refractivity contribution in [1.82, 2.24) is 0 Å². The third kappa shape index (κ3) is 1.95. The molecule has 0 aliphatic heterocycles. The van der Waals surface area contributed by atoms with Crippen LogP contribution in [0, 0.1) is 11.8 Å². The van der Waals surface area contributed by atoms with Gasteiger partial charge in [-0.2, -0.15) is 0 Å². The van der Waals surface area contributed by atoms with Crippen LogP contribution >= 0.6 is 0 Å². The molecule has 1 fully saturated rings. The first-order valence-corrected chi connectivity index (χ1v) is 4.44. The average molecular weight is 156 g/mol. The molecular weight excluding hydrogens is 140 g/mol. The van der Waals surface area contributed by atoms with Gasteiger partial charge < -0.3 is 4.74 Å². The fraction of sp³-hybridized carbons (Fsp3) is 0.889. The Bertz CT molecular complexity index is 136. The maximum atomic E-state index is 11.1. The number of carbonyl (C=O) groups excluding carboxylic acids is 1. The third-order valence-corrected chi connectivity index (χ3v) is 2.43. The molecule has 11 heavy (non-hydrogen) atoms. The lowest BCUT2D eigenvalue weighted by Gasteiger charge is -2.32. The molecule has 0 radical (unpaired) electrons. The Labute approximate surface area is 67.9 Å². The van der Waals surface area contributed by atoms with Crippen molar-refractivity contribution < 1.29 is 9.53 Å². The number of esters is 1. The predicted octanol–water partition coefficient (Wildman–Crippen LogP) is 1.99. The van der Waals surface area contributed by atoms with Crippen molar-refractivity contribution in [2.24, 2.45) is 11.8 Å². The number of carbonyl (C=O) groups is 1. The Morgan fingerprint density at radius 2 is 2.09 bits per heavy atom. The third-order valence-electron chi connectivity index (χ3n) is 2.43. The smallest absolute Gasteiger partial charge is 0.308 e. The summed E-state index contributed by atoms with van der Waals surface area (Å²) in [5.74, 6) is 1.02. The van der Waals surface area contributed by atoms with Gasteiger partial charge in [0.1, 0.15) is 0 Å². The Balaban J connectivity index is 2.16. The number of hydrogen-bond donors (Lipinski definition) is 0. The molecule has 0 aromatic rings. The van der Waals surface area contributed by atoms with Gasteiger partial charge in [0.05, 0.1) is 12.5 Å². The molecule has 1 aliphatic carbocycles. The van der Waals surface area contributed by atoms with Crippen molar-refractivity contribution in [3.63, 3.8) is 0 Å². The number of ether oxygens (including phenoxy) is 1. The predicted molar refractivity (Wildman–Crippen MR) is 43.1 cm³/mol. The monoisotopic (exact) mass is 156 g/mol. The highest BCUT2D eigenvalue weighted by molar-refractivity contribution is 5.73. The molecule has 0 amide bonds. The topological polar surface area (TPSA) is 26.3 Å². The van der Waals surface area contributed by atoms with Crippen LogP contribution in [0.2, 0.25) is 0 Å². The van der Waals surface area contributed by atoms with Crippen molar-refractivity contribution in [1.29, 1.82) is 0 Å². The molecule has 0 spiro atoms. The van der Waals surface area contributed by atoms with Gasteiger partial charge in [-0.3, -0.25) is 4.79 Å².